The van der Waals surface area contributed by atoms with Gasteiger partial charge >= 0.3 is 5.97 Å². The lowest BCUT2D eigenvalue weighted by molar-refractivity contribution is -0.142. The first-order chi connectivity index (χ1) is 7.76. The maximum Gasteiger partial charge on any atom is 0.306 e. The molecule has 0 heterocycles. The van der Waals surface area contributed by atoms with Gasteiger partial charge in [0.15, 0.2) is 0 Å². The molecule has 0 unspecified atom stereocenters. The van der Waals surface area contributed by atoms with Crippen molar-refractivity contribution in [1.82, 2.24) is 0 Å². The van der Waals surface area contributed by atoms with Gasteiger partial charge in [0.1, 0.15) is 0 Å². The highest BCUT2D eigenvalue weighted by Gasteiger charge is 2.34. The molecular formula is C15H26O2. The third-order valence-corrected chi connectivity index (χ3v) is 3.46. The van der Waals surface area contributed by atoms with Crippen LogP contribution in [0.15, 0.2) is 24.3 Å². The molecule has 0 aromatic carbocycles. The Labute approximate surface area is 106 Å². The van der Waals surface area contributed by atoms with Crippen LogP contribution in [0, 0.1) is 11.3 Å². The molecule has 2 heteroatoms. The zero-order valence-electron chi connectivity index (χ0n) is 11.9. The number of esters is 1. The number of carbonyl (C=O) groups is 1. The van der Waals surface area contributed by atoms with E-state index in [0.29, 0.717) is 12.3 Å². The first-order valence-corrected chi connectivity index (χ1v) is 6.15. The van der Waals surface area contributed by atoms with Crippen molar-refractivity contribution in [3.63, 3.8) is 0 Å². The van der Waals surface area contributed by atoms with Gasteiger partial charge in [-0.3, -0.25) is 4.79 Å². The Morgan fingerprint density at radius 2 is 1.71 bits per heavy atom. The Bertz CT molecular complexity index is 286. The van der Waals surface area contributed by atoms with E-state index >= 15 is 0 Å². The zero-order chi connectivity index (χ0) is 13.6. The second-order valence-corrected chi connectivity index (χ2v) is 5.33. The van der Waals surface area contributed by atoms with Crippen LogP contribution in [0.1, 0.15) is 47.0 Å². The molecule has 0 atom stereocenters. The van der Waals surface area contributed by atoms with Crippen molar-refractivity contribution in [2.75, 3.05) is 7.11 Å². The molecule has 98 valence electrons. The Morgan fingerprint density at radius 1 is 1.24 bits per heavy atom. The quantitative estimate of drug-likeness (QED) is 0.492. The van der Waals surface area contributed by atoms with Crippen LogP contribution >= 0.6 is 0 Å². The lowest BCUT2D eigenvalue weighted by Gasteiger charge is -2.35. The van der Waals surface area contributed by atoms with Crippen LogP contribution in [0.2, 0.25) is 0 Å². The third kappa shape index (κ3) is 4.37. The van der Waals surface area contributed by atoms with E-state index in [4.69, 9.17) is 4.74 Å². The van der Waals surface area contributed by atoms with Gasteiger partial charge in [-0.2, -0.15) is 0 Å². The van der Waals surface area contributed by atoms with E-state index in [2.05, 4.69) is 27.0 Å². The average molecular weight is 238 g/mol. The zero-order valence-corrected chi connectivity index (χ0v) is 11.9. The number of carbonyl (C=O) groups excluding carboxylic acids is 1. The van der Waals surface area contributed by atoms with Crippen molar-refractivity contribution >= 4 is 5.97 Å². The molecule has 0 N–H and O–H groups in total. The van der Waals surface area contributed by atoms with Gasteiger partial charge in [-0.15, -0.1) is 0 Å². The Balaban J connectivity index is 5.07. The van der Waals surface area contributed by atoms with E-state index in [9.17, 15) is 4.79 Å². The highest BCUT2D eigenvalue weighted by molar-refractivity contribution is 5.71. The van der Waals surface area contributed by atoms with Crippen LogP contribution in [0.3, 0.4) is 0 Å². The maximum atomic E-state index is 11.6. The summed E-state index contributed by atoms with van der Waals surface area (Å²) < 4.78 is 4.79. The second-order valence-electron chi connectivity index (χ2n) is 5.33. The van der Waals surface area contributed by atoms with E-state index < -0.39 is 0 Å². The first-order valence-electron chi connectivity index (χ1n) is 6.15. The molecular weight excluding hydrogens is 212 g/mol. The highest BCUT2D eigenvalue weighted by Crippen LogP contribution is 2.42. The van der Waals surface area contributed by atoms with Gasteiger partial charge in [0.2, 0.25) is 0 Å². The molecule has 17 heavy (non-hydrogen) atoms. The van der Waals surface area contributed by atoms with E-state index in [1.807, 2.05) is 13.8 Å². The molecule has 0 amide bonds. The van der Waals surface area contributed by atoms with Crippen molar-refractivity contribution < 1.29 is 9.53 Å². The molecule has 0 aromatic rings. The number of hydrogen-bond acceptors (Lipinski definition) is 2. The maximum absolute atomic E-state index is 11.6. The van der Waals surface area contributed by atoms with Gasteiger partial charge in [-0.1, -0.05) is 38.2 Å². The predicted molar refractivity (Wildman–Crippen MR) is 72.8 cm³/mol. The molecule has 0 aliphatic rings. The molecule has 0 aliphatic carbocycles. The summed E-state index contributed by atoms with van der Waals surface area (Å²) in [6, 6.07) is 0. The fourth-order valence-electron chi connectivity index (χ4n) is 2.03. The highest BCUT2D eigenvalue weighted by atomic mass is 16.5. The minimum absolute atomic E-state index is 0.195. The number of allylic oxidation sites excluding steroid dienone is 2. The lowest BCUT2D eigenvalue weighted by Crippen LogP contribution is -2.28. The molecule has 0 bridgehead atoms. The van der Waals surface area contributed by atoms with Gasteiger partial charge < -0.3 is 4.74 Å². The minimum Gasteiger partial charge on any atom is -0.469 e. The third-order valence-electron chi connectivity index (χ3n) is 3.46. The summed E-state index contributed by atoms with van der Waals surface area (Å²) >= 11 is 0. The van der Waals surface area contributed by atoms with Crippen LogP contribution < -0.4 is 0 Å². The Morgan fingerprint density at radius 3 is 2.00 bits per heavy atom. The summed E-state index contributed by atoms with van der Waals surface area (Å²) in [7, 11) is 1.42. The fourth-order valence-corrected chi connectivity index (χ4v) is 2.03. The summed E-state index contributed by atoms with van der Waals surface area (Å²) in [6.45, 7) is 16.4. The molecule has 0 aromatic heterocycles. The number of ether oxygens (including phenoxy) is 1. The van der Waals surface area contributed by atoms with Gasteiger partial charge in [0.25, 0.3) is 0 Å². The lowest BCUT2D eigenvalue weighted by atomic mass is 9.69. The number of hydrogen-bond donors (Lipinski definition) is 0. The molecule has 2 nitrogen and oxygen atoms in total. The van der Waals surface area contributed by atoms with Crippen molar-refractivity contribution in [3.8, 4) is 0 Å². The Hall–Kier alpha value is -1.05. The van der Waals surface area contributed by atoms with Crippen molar-refractivity contribution in [3.05, 3.63) is 24.3 Å². The summed E-state index contributed by atoms with van der Waals surface area (Å²) in [6.07, 6.45) is 2.31. The van der Waals surface area contributed by atoms with Crippen LogP contribution in [-0.4, -0.2) is 13.1 Å². The van der Waals surface area contributed by atoms with E-state index in [1.165, 1.54) is 7.11 Å². The summed E-state index contributed by atoms with van der Waals surface area (Å²) in [5.74, 6) is 0.408. The van der Waals surface area contributed by atoms with E-state index in [0.717, 1.165) is 24.0 Å². The molecule has 0 aliphatic heterocycles. The normalized spacial score (nSPS) is 11.4. The number of rotatable bonds is 7. The summed E-state index contributed by atoms with van der Waals surface area (Å²) in [5.41, 5.74) is 1.68. The van der Waals surface area contributed by atoms with E-state index in [-0.39, 0.29) is 11.4 Å². The molecule has 0 spiro atoms. The standard InChI is InChI=1S/C15H26O2/c1-11(2)8-9-15(12(3)4,13(5)6)10-14(16)17-7/h11H,3,5,8-10H2,1-2,4,6-7H3. The van der Waals surface area contributed by atoms with Gasteiger partial charge in [-0.05, 0) is 32.6 Å². The summed E-state index contributed by atoms with van der Waals surface area (Å²) in [4.78, 5) is 11.6. The SMILES string of the molecule is C=C(C)C(CCC(C)C)(CC(=O)OC)C(=C)C. The molecule has 0 fully saturated rings. The summed E-state index contributed by atoms with van der Waals surface area (Å²) in [5, 5.41) is 0. The predicted octanol–water partition coefficient (Wildman–Crippen LogP) is 4.12. The van der Waals surface area contributed by atoms with Gasteiger partial charge in [0, 0.05) is 5.41 Å². The van der Waals surface area contributed by atoms with Crippen molar-refractivity contribution in [1.29, 1.82) is 0 Å². The van der Waals surface area contributed by atoms with Crippen LogP contribution in [0.25, 0.3) is 0 Å². The average Bonchev–Trinajstić information content (AvgIpc) is 2.22. The molecule has 0 radical (unpaired) electrons. The largest absolute Gasteiger partial charge is 0.469 e. The smallest absolute Gasteiger partial charge is 0.306 e. The Kier molecular flexibility index (Phi) is 6.22. The van der Waals surface area contributed by atoms with Crippen LogP contribution in [0.5, 0.6) is 0 Å². The van der Waals surface area contributed by atoms with Crippen LogP contribution in [0.4, 0.5) is 0 Å². The first kappa shape index (κ1) is 16.0. The fraction of sp³-hybridized carbons (Fsp3) is 0.667. The number of methoxy groups -OCH3 is 1. The molecule has 0 rings (SSSR count). The topological polar surface area (TPSA) is 26.3 Å². The minimum atomic E-state index is -0.308. The van der Waals surface area contributed by atoms with Crippen molar-refractivity contribution in [2.45, 2.75) is 47.0 Å². The molecule has 0 saturated heterocycles. The second kappa shape index (κ2) is 6.63. The monoisotopic (exact) mass is 238 g/mol. The van der Waals surface area contributed by atoms with Gasteiger partial charge in [-0.25, -0.2) is 0 Å². The van der Waals surface area contributed by atoms with Gasteiger partial charge in [0.05, 0.1) is 13.5 Å². The molecule has 0 saturated carbocycles. The van der Waals surface area contributed by atoms with Crippen LogP contribution in [-0.2, 0) is 9.53 Å². The van der Waals surface area contributed by atoms with E-state index in [1.54, 1.807) is 0 Å². The van der Waals surface area contributed by atoms with Crippen molar-refractivity contribution in [2.24, 2.45) is 11.3 Å².